The van der Waals surface area contributed by atoms with Crippen LogP contribution in [0.1, 0.15) is 39.0 Å². The topological polar surface area (TPSA) is 36.9 Å². The maximum absolute atomic E-state index is 5.44. The van der Waals surface area contributed by atoms with E-state index < -0.39 is 0 Å². The fraction of sp³-hybridized carbons (Fsp3) is 0.625. The normalized spacial score (nSPS) is 15.8. The second-order valence-electron chi connectivity index (χ2n) is 4.32. The number of ether oxygens (including phenoxy) is 4. The summed E-state index contributed by atoms with van der Waals surface area (Å²) in [7, 11) is 0. The Kier molecular flexibility index (Phi) is 9.24. The molecule has 1 aromatic carbocycles. The summed E-state index contributed by atoms with van der Waals surface area (Å²) in [5.74, 6) is 0. The lowest BCUT2D eigenvalue weighted by atomic mass is 10.2. The maximum atomic E-state index is 5.44. The van der Waals surface area contributed by atoms with Crippen LogP contribution in [0.4, 0.5) is 0 Å². The van der Waals surface area contributed by atoms with Crippen molar-refractivity contribution in [2.45, 2.75) is 39.8 Å². The van der Waals surface area contributed by atoms with Crippen molar-refractivity contribution in [3.8, 4) is 0 Å². The van der Waals surface area contributed by atoms with Crippen LogP contribution in [0.3, 0.4) is 0 Å². The third-order valence-electron chi connectivity index (χ3n) is 2.70. The van der Waals surface area contributed by atoms with Gasteiger partial charge in [0, 0.05) is 18.8 Å². The Morgan fingerprint density at radius 3 is 2.10 bits per heavy atom. The Hall–Kier alpha value is -0.940. The van der Waals surface area contributed by atoms with Crippen molar-refractivity contribution in [1.82, 2.24) is 0 Å². The molecule has 1 aromatic rings. The Morgan fingerprint density at radius 1 is 1.05 bits per heavy atom. The lowest BCUT2D eigenvalue weighted by molar-refractivity contribution is -0.183. The zero-order valence-electron chi connectivity index (χ0n) is 12.7. The predicted octanol–water partition coefficient (Wildman–Crippen LogP) is 3.53. The highest BCUT2D eigenvalue weighted by Crippen LogP contribution is 2.21. The highest BCUT2D eigenvalue weighted by atomic mass is 16.7. The quantitative estimate of drug-likeness (QED) is 0.774. The van der Waals surface area contributed by atoms with Gasteiger partial charge in [0.15, 0.2) is 12.6 Å². The first kappa shape index (κ1) is 17.1. The molecule has 0 aliphatic carbocycles. The molecule has 4 heteroatoms. The fourth-order valence-corrected chi connectivity index (χ4v) is 1.81. The highest BCUT2D eigenvalue weighted by Gasteiger charge is 2.15. The summed E-state index contributed by atoms with van der Waals surface area (Å²) in [5.41, 5.74) is 1.11. The molecule has 1 fully saturated rings. The first-order valence-corrected chi connectivity index (χ1v) is 7.29. The third kappa shape index (κ3) is 7.01. The van der Waals surface area contributed by atoms with Gasteiger partial charge in [-0.25, -0.2) is 0 Å². The Balaban J connectivity index is 0.000000221. The van der Waals surface area contributed by atoms with Gasteiger partial charge in [-0.15, -0.1) is 0 Å². The van der Waals surface area contributed by atoms with Gasteiger partial charge in [0.1, 0.15) is 0 Å². The van der Waals surface area contributed by atoms with E-state index in [-0.39, 0.29) is 12.6 Å². The first-order valence-electron chi connectivity index (χ1n) is 7.29. The SMILES string of the molecule is CCOC(C)OCC.c1ccc(C2OCCCO2)cc1. The molecule has 114 valence electrons. The van der Waals surface area contributed by atoms with Gasteiger partial charge in [0.25, 0.3) is 0 Å². The van der Waals surface area contributed by atoms with Crippen molar-refractivity contribution in [2.75, 3.05) is 26.4 Å². The Morgan fingerprint density at radius 2 is 1.60 bits per heavy atom. The monoisotopic (exact) mass is 282 g/mol. The average molecular weight is 282 g/mol. The van der Waals surface area contributed by atoms with Crippen LogP contribution in [0.2, 0.25) is 0 Å². The van der Waals surface area contributed by atoms with Gasteiger partial charge in [0.2, 0.25) is 0 Å². The van der Waals surface area contributed by atoms with Crippen LogP contribution in [0, 0.1) is 0 Å². The minimum Gasteiger partial charge on any atom is -0.353 e. The standard InChI is InChI=1S/C10H12O2.C6H14O2/c1-2-5-9(6-3-1)10-11-7-4-8-12-10;1-4-7-6(3)8-5-2/h1-3,5-6,10H,4,7-8H2;6H,4-5H2,1-3H3. The molecule has 0 aromatic heterocycles. The van der Waals surface area contributed by atoms with Crippen molar-refractivity contribution < 1.29 is 18.9 Å². The van der Waals surface area contributed by atoms with Crippen LogP contribution in [0.15, 0.2) is 30.3 Å². The predicted molar refractivity (Wildman–Crippen MR) is 78.4 cm³/mol. The minimum absolute atomic E-state index is 0.0370. The molecule has 0 atom stereocenters. The number of hydrogen-bond acceptors (Lipinski definition) is 4. The van der Waals surface area contributed by atoms with Crippen LogP contribution < -0.4 is 0 Å². The molecule has 1 saturated heterocycles. The first-order chi connectivity index (χ1) is 9.77. The van der Waals surface area contributed by atoms with Gasteiger partial charge in [-0.2, -0.15) is 0 Å². The molecule has 0 saturated carbocycles. The van der Waals surface area contributed by atoms with Crippen molar-refractivity contribution in [3.05, 3.63) is 35.9 Å². The van der Waals surface area contributed by atoms with E-state index in [1.54, 1.807) is 0 Å². The Bertz CT molecular complexity index is 317. The van der Waals surface area contributed by atoms with Crippen molar-refractivity contribution in [2.24, 2.45) is 0 Å². The number of benzene rings is 1. The van der Waals surface area contributed by atoms with Gasteiger partial charge in [-0.3, -0.25) is 0 Å². The van der Waals surface area contributed by atoms with Crippen LogP contribution >= 0.6 is 0 Å². The van der Waals surface area contributed by atoms with Crippen LogP contribution in [-0.2, 0) is 18.9 Å². The molecule has 0 bridgehead atoms. The summed E-state index contributed by atoms with van der Waals surface area (Å²) in [6.07, 6.45) is 0.827. The van der Waals surface area contributed by atoms with E-state index >= 15 is 0 Å². The van der Waals surface area contributed by atoms with Crippen LogP contribution in [-0.4, -0.2) is 32.7 Å². The summed E-state index contributed by atoms with van der Waals surface area (Å²) >= 11 is 0. The van der Waals surface area contributed by atoms with Crippen LogP contribution in [0.25, 0.3) is 0 Å². The second-order valence-corrected chi connectivity index (χ2v) is 4.32. The molecule has 2 rings (SSSR count). The molecular weight excluding hydrogens is 256 g/mol. The molecule has 20 heavy (non-hydrogen) atoms. The average Bonchev–Trinajstić information content (AvgIpc) is 2.50. The Labute approximate surface area is 122 Å². The molecule has 0 N–H and O–H groups in total. The van der Waals surface area contributed by atoms with Crippen molar-refractivity contribution >= 4 is 0 Å². The summed E-state index contributed by atoms with van der Waals surface area (Å²) in [4.78, 5) is 0. The van der Waals surface area contributed by atoms with E-state index in [1.807, 2.05) is 51.1 Å². The van der Waals surface area contributed by atoms with Crippen molar-refractivity contribution in [3.63, 3.8) is 0 Å². The maximum Gasteiger partial charge on any atom is 0.183 e. The lowest BCUT2D eigenvalue weighted by Crippen LogP contribution is -2.17. The molecule has 0 radical (unpaired) electrons. The van der Waals surface area contributed by atoms with E-state index in [0.29, 0.717) is 0 Å². The lowest BCUT2D eigenvalue weighted by Gasteiger charge is -2.23. The number of rotatable bonds is 5. The van der Waals surface area contributed by atoms with E-state index in [4.69, 9.17) is 18.9 Å². The van der Waals surface area contributed by atoms with E-state index in [0.717, 1.165) is 38.4 Å². The van der Waals surface area contributed by atoms with E-state index in [1.165, 1.54) is 0 Å². The molecule has 0 spiro atoms. The molecule has 0 amide bonds. The zero-order chi connectivity index (χ0) is 14.6. The summed E-state index contributed by atoms with van der Waals surface area (Å²) in [6, 6.07) is 10.0. The molecule has 1 heterocycles. The van der Waals surface area contributed by atoms with Gasteiger partial charge in [-0.05, 0) is 27.2 Å². The van der Waals surface area contributed by atoms with Gasteiger partial charge in [0.05, 0.1) is 13.2 Å². The highest BCUT2D eigenvalue weighted by molar-refractivity contribution is 5.16. The molecular formula is C16H26O4. The summed E-state index contributed by atoms with van der Waals surface area (Å²) in [6.45, 7) is 8.86. The summed E-state index contributed by atoms with van der Waals surface area (Å²) < 4.78 is 21.0. The minimum atomic E-state index is -0.139. The molecule has 0 unspecified atom stereocenters. The van der Waals surface area contributed by atoms with Gasteiger partial charge >= 0.3 is 0 Å². The molecule has 4 nitrogen and oxygen atoms in total. The third-order valence-corrected chi connectivity index (χ3v) is 2.70. The second kappa shape index (κ2) is 10.8. The van der Waals surface area contributed by atoms with Crippen LogP contribution in [0.5, 0.6) is 0 Å². The largest absolute Gasteiger partial charge is 0.353 e. The van der Waals surface area contributed by atoms with E-state index in [2.05, 4.69) is 0 Å². The van der Waals surface area contributed by atoms with Crippen molar-refractivity contribution in [1.29, 1.82) is 0 Å². The van der Waals surface area contributed by atoms with Gasteiger partial charge < -0.3 is 18.9 Å². The zero-order valence-corrected chi connectivity index (χ0v) is 12.7. The van der Waals surface area contributed by atoms with E-state index in [9.17, 15) is 0 Å². The fourth-order valence-electron chi connectivity index (χ4n) is 1.81. The molecule has 1 aliphatic rings. The number of hydrogen-bond donors (Lipinski definition) is 0. The molecule has 1 aliphatic heterocycles. The van der Waals surface area contributed by atoms with Gasteiger partial charge in [-0.1, -0.05) is 30.3 Å². The smallest absolute Gasteiger partial charge is 0.183 e. The summed E-state index contributed by atoms with van der Waals surface area (Å²) in [5, 5.41) is 0.